The first-order chi connectivity index (χ1) is 2.81. The van der Waals surface area contributed by atoms with Crippen molar-refractivity contribution < 1.29 is 4.74 Å². The number of ether oxygens (including phenoxy) is 1. The molecule has 0 aliphatic heterocycles. The fraction of sp³-hybridized carbons (Fsp3) is 0.800. The van der Waals surface area contributed by atoms with Crippen LogP contribution in [0.25, 0.3) is 0 Å². The van der Waals surface area contributed by atoms with E-state index in [1.54, 1.807) is 7.11 Å². The highest BCUT2D eigenvalue weighted by molar-refractivity contribution is 4.47. The van der Waals surface area contributed by atoms with Crippen LogP contribution in [-0.2, 0) is 4.74 Å². The van der Waals surface area contributed by atoms with Crippen molar-refractivity contribution in [1.82, 2.24) is 0 Å². The number of hydrogen-bond donors (Lipinski definition) is 0. The summed E-state index contributed by atoms with van der Waals surface area (Å²) in [6.45, 7) is 5.62. The highest BCUT2D eigenvalue weighted by Crippen LogP contribution is 1.89. The van der Waals surface area contributed by atoms with Crippen LogP contribution < -0.4 is 0 Å². The van der Waals surface area contributed by atoms with Crippen LogP contribution in [0.15, 0.2) is 0 Å². The van der Waals surface area contributed by atoms with Crippen molar-refractivity contribution in [3.05, 3.63) is 6.92 Å². The largest absolute Gasteiger partial charge is 0.382 e. The molecular weight excluding hydrogens is 76.1 g/mol. The molecule has 0 bridgehead atoms. The van der Waals surface area contributed by atoms with Crippen molar-refractivity contribution >= 4 is 0 Å². The quantitative estimate of drug-likeness (QED) is 0.492. The maximum atomic E-state index is 4.84. The van der Waals surface area contributed by atoms with Crippen molar-refractivity contribution in [2.24, 2.45) is 0 Å². The Bertz CT molecular complexity index is 23.1. The zero-order chi connectivity index (χ0) is 4.99. The molecule has 1 atom stereocenters. The third-order valence-corrected chi connectivity index (χ3v) is 0.809. The van der Waals surface area contributed by atoms with E-state index < -0.39 is 0 Å². The zero-order valence-electron chi connectivity index (χ0n) is 4.40. The van der Waals surface area contributed by atoms with E-state index in [2.05, 4.69) is 6.92 Å². The lowest BCUT2D eigenvalue weighted by atomic mass is 10.3. The standard InChI is InChI=1S/C5H11O/c1-4-5(2)6-3/h5H,1,4H2,2-3H3. The van der Waals surface area contributed by atoms with E-state index in [1.165, 1.54) is 0 Å². The van der Waals surface area contributed by atoms with Crippen molar-refractivity contribution in [2.75, 3.05) is 7.11 Å². The molecule has 0 aromatic heterocycles. The summed E-state index contributed by atoms with van der Waals surface area (Å²) in [5.74, 6) is 0. The monoisotopic (exact) mass is 87.1 g/mol. The van der Waals surface area contributed by atoms with Crippen LogP contribution >= 0.6 is 0 Å². The van der Waals surface area contributed by atoms with Crippen LogP contribution in [0.3, 0.4) is 0 Å². The van der Waals surface area contributed by atoms with Crippen LogP contribution in [-0.4, -0.2) is 13.2 Å². The van der Waals surface area contributed by atoms with Gasteiger partial charge in [-0.15, -0.1) is 0 Å². The van der Waals surface area contributed by atoms with Gasteiger partial charge in [-0.25, -0.2) is 0 Å². The summed E-state index contributed by atoms with van der Waals surface area (Å²) >= 11 is 0. The average Bonchev–Trinajstić information content (AvgIpc) is 1.65. The predicted molar refractivity (Wildman–Crippen MR) is 26.4 cm³/mol. The first-order valence-corrected chi connectivity index (χ1v) is 2.13. The van der Waals surface area contributed by atoms with Gasteiger partial charge in [0.15, 0.2) is 0 Å². The molecule has 0 saturated carbocycles. The minimum atomic E-state index is 0.324. The molecule has 0 aliphatic carbocycles. The van der Waals surface area contributed by atoms with Gasteiger partial charge in [0.1, 0.15) is 0 Å². The molecule has 0 amide bonds. The van der Waals surface area contributed by atoms with E-state index in [1.807, 2.05) is 6.92 Å². The number of methoxy groups -OCH3 is 1. The molecule has 1 unspecified atom stereocenters. The lowest BCUT2D eigenvalue weighted by Crippen LogP contribution is -2.00. The van der Waals surface area contributed by atoms with Crippen molar-refractivity contribution in [2.45, 2.75) is 19.4 Å². The summed E-state index contributed by atoms with van der Waals surface area (Å²) in [7, 11) is 1.69. The zero-order valence-corrected chi connectivity index (χ0v) is 4.40. The lowest BCUT2D eigenvalue weighted by Gasteiger charge is -2.01. The second-order valence-corrected chi connectivity index (χ2v) is 1.33. The molecule has 37 valence electrons. The van der Waals surface area contributed by atoms with Gasteiger partial charge in [0.2, 0.25) is 0 Å². The fourth-order valence-electron chi connectivity index (χ4n) is 0.118. The SMILES string of the molecule is [CH2]CC(C)OC. The van der Waals surface area contributed by atoms with Gasteiger partial charge in [-0.05, 0) is 13.3 Å². The molecule has 0 aromatic rings. The fourth-order valence-corrected chi connectivity index (χ4v) is 0.118. The highest BCUT2D eigenvalue weighted by atomic mass is 16.5. The number of hydrogen-bond acceptors (Lipinski definition) is 1. The second-order valence-electron chi connectivity index (χ2n) is 1.33. The molecule has 0 spiro atoms. The maximum Gasteiger partial charge on any atom is 0.0543 e. The first-order valence-electron chi connectivity index (χ1n) is 2.13. The van der Waals surface area contributed by atoms with Crippen LogP contribution in [0.1, 0.15) is 13.3 Å². The summed E-state index contributed by atoms with van der Waals surface area (Å²) < 4.78 is 4.84. The Morgan fingerprint density at radius 2 is 2.33 bits per heavy atom. The smallest absolute Gasteiger partial charge is 0.0543 e. The van der Waals surface area contributed by atoms with Gasteiger partial charge in [0.05, 0.1) is 6.10 Å². The van der Waals surface area contributed by atoms with Gasteiger partial charge in [0, 0.05) is 7.11 Å². The van der Waals surface area contributed by atoms with Crippen LogP contribution in [0.2, 0.25) is 0 Å². The maximum absolute atomic E-state index is 4.84. The van der Waals surface area contributed by atoms with E-state index in [0.717, 1.165) is 6.42 Å². The van der Waals surface area contributed by atoms with E-state index in [9.17, 15) is 0 Å². The minimum Gasteiger partial charge on any atom is -0.382 e. The highest BCUT2D eigenvalue weighted by Gasteiger charge is 1.88. The molecular formula is C5H11O. The van der Waals surface area contributed by atoms with Crippen molar-refractivity contribution in [3.63, 3.8) is 0 Å². The van der Waals surface area contributed by atoms with Crippen molar-refractivity contribution in [1.29, 1.82) is 0 Å². The van der Waals surface area contributed by atoms with E-state index in [-0.39, 0.29) is 0 Å². The summed E-state index contributed by atoms with van der Waals surface area (Å²) in [6, 6.07) is 0. The Labute approximate surface area is 39.3 Å². The third-order valence-electron chi connectivity index (χ3n) is 0.809. The summed E-state index contributed by atoms with van der Waals surface area (Å²) in [4.78, 5) is 0. The summed E-state index contributed by atoms with van der Waals surface area (Å²) in [5.41, 5.74) is 0. The van der Waals surface area contributed by atoms with Gasteiger partial charge in [0.25, 0.3) is 0 Å². The molecule has 0 fully saturated rings. The Morgan fingerprint density at radius 1 is 1.83 bits per heavy atom. The molecule has 0 saturated heterocycles. The van der Waals surface area contributed by atoms with Gasteiger partial charge in [-0.2, -0.15) is 0 Å². The number of rotatable bonds is 2. The Hall–Kier alpha value is -0.0400. The van der Waals surface area contributed by atoms with Gasteiger partial charge >= 0.3 is 0 Å². The van der Waals surface area contributed by atoms with Gasteiger partial charge < -0.3 is 4.74 Å². The molecule has 0 rings (SSSR count). The van der Waals surface area contributed by atoms with E-state index in [4.69, 9.17) is 4.74 Å². The van der Waals surface area contributed by atoms with Gasteiger partial charge in [-0.3, -0.25) is 0 Å². The molecule has 1 heteroatoms. The molecule has 1 nitrogen and oxygen atoms in total. The molecule has 6 heavy (non-hydrogen) atoms. The summed E-state index contributed by atoms with van der Waals surface area (Å²) in [6.07, 6.45) is 1.18. The average molecular weight is 87.1 g/mol. The first kappa shape index (κ1) is 5.96. The normalized spacial score (nSPS) is 14.5. The lowest BCUT2D eigenvalue weighted by molar-refractivity contribution is 0.120. The molecule has 1 radical (unpaired) electrons. The van der Waals surface area contributed by atoms with Gasteiger partial charge in [-0.1, -0.05) is 6.92 Å². The van der Waals surface area contributed by atoms with Crippen LogP contribution in [0.4, 0.5) is 0 Å². The Balaban J connectivity index is 2.75. The Morgan fingerprint density at radius 3 is 2.33 bits per heavy atom. The van der Waals surface area contributed by atoms with Crippen LogP contribution in [0, 0.1) is 6.92 Å². The molecule has 0 aromatic carbocycles. The molecule has 0 N–H and O–H groups in total. The van der Waals surface area contributed by atoms with Crippen molar-refractivity contribution in [3.8, 4) is 0 Å². The topological polar surface area (TPSA) is 9.23 Å². The molecule has 0 aliphatic rings. The minimum absolute atomic E-state index is 0.324. The van der Waals surface area contributed by atoms with E-state index >= 15 is 0 Å². The Kier molecular flexibility index (Phi) is 3.14. The second kappa shape index (κ2) is 3.16. The third kappa shape index (κ3) is 2.21. The molecule has 0 heterocycles. The summed E-state index contributed by atoms with van der Waals surface area (Å²) in [5, 5.41) is 0. The van der Waals surface area contributed by atoms with Crippen LogP contribution in [0.5, 0.6) is 0 Å². The predicted octanol–water partition coefficient (Wildman–Crippen LogP) is 1.25. The van der Waals surface area contributed by atoms with E-state index in [0.29, 0.717) is 6.10 Å².